The molecule has 0 bridgehead atoms. The van der Waals surface area contributed by atoms with Gasteiger partial charge in [0, 0.05) is 10.0 Å². The van der Waals surface area contributed by atoms with E-state index >= 15 is 0 Å². The predicted molar refractivity (Wildman–Crippen MR) is 99.0 cm³/mol. The Morgan fingerprint density at radius 2 is 1.96 bits per heavy atom. The number of halogens is 2. The van der Waals surface area contributed by atoms with E-state index in [0.717, 1.165) is 5.56 Å². The molecule has 1 heterocycles. The molecule has 1 aromatic heterocycles. The minimum atomic E-state index is -0.307. The van der Waals surface area contributed by atoms with Crippen molar-refractivity contribution in [3.05, 3.63) is 74.8 Å². The number of carbonyl (C=O) groups is 1. The molecule has 0 aliphatic carbocycles. The summed E-state index contributed by atoms with van der Waals surface area (Å²) >= 11 is 11.9. The van der Waals surface area contributed by atoms with Gasteiger partial charge in [-0.15, -0.1) is 0 Å². The lowest BCUT2D eigenvalue weighted by molar-refractivity contribution is -0.122. The van der Waals surface area contributed by atoms with Crippen molar-refractivity contribution in [3.63, 3.8) is 0 Å². The van der Waals surface area contributed by atoms with Gasteiger partial charge in [0.05, 0.1) is 23.3 Å². The fraction of sp³-hybridized carbons (Fsp3) is 0.167. The molecule has 7 heteroatoms. The van der Waals surface area contributed by atoms with Crippen molar-refractivity contribution in [2.45, 2.75) is 19.5 Å². The van der Waals surface area contributed by atoms with Gasteiger partial charge in [-0.1, -0.05) is 35.3 Å². The zero-order valence-corrected chi connectivity index (χ0v) is 14.9. The van der Waals surface area contributed by atoms with E-state index in [1.165, 1.54) is 10.9 Å². The van der Waals surface area contributed by atoms with Gasteiger partial charge in [-0.05, 0) is 42.8 Å². The van der Waals surface area contributed by atoms with Gasteiger partial charge < -0.3 is 5.32 Å². The van der Waals surface area contributed by atoms with Gasteiger partial charge in [0.2, 0.25) is 5.91 Å². The van der Waals surface area contributed by atoms with Crippen LogP contribution in [0.1, 0.15) is 18.5 Å². The van der Waals surface area contributed by atoms with E-state index in [1.54, 1.807) is 30.3 Å². The number of carbonyl (C=O) groups excluding carboxylic acids is 1. The van der Waals surface area contributed by atoms with E-state index in [-0.39, 0.29) is 24.1 Å². The van der Waals surface area contributed by atoms with Crippen molar-refractivity contribution in [2.75, 3.05) is 0 Å². The third kappa shape index (κ3) is 4.00. The zero-order valence-electron chi connectivity index (χ0n) is 13.4. The van der Waals surface area contributed by atoms with Crippen LogP contribution in [0.3, 0.4) is 0 Å². The molecule has 0 aliphatic heterocycles. The van der Waals surface area contributed by atoms with Crippen molar-refractivity contribution in [3.8, 4) is 0 Å². The van der Waals surface area contributed by atoms with Gasteiger partial charge >= 0.3 is 0 Å². The molecule has 2 aromatic carbocycles. The number of nitrogens with one attached hydrogen (secondary N) is 1. The van der Waals surface area contributed by atoms with Crippen molar-refractivity contribution in [1.29, 1.82) is 0 Å². The summed E-state index contributed by atoms with van der Waals surface area (Å²) in [5, 5.41) is 4.28. The minimum Gasteiger partial charge on any atom is -0.348 e. The fourth-order valence-corrected chi connectivity index (χ4v) is 2.92. The molecule has 1 N–H and O–H groups in total. The van der Waals surface area contributed by atoms with Crippen molar-refractivity contribution < 1.29 is 4.79 Å². The van der Waals surface area contributed by atoms with Gasteiger partial charge in [0.1, 0.15) is 6.54 Å². The molecule has 0 aliphatic rings. The zero-order chi connectivity index (χ0) is 18.0. The highest BCUT2D eigenvalue weighted by Crippen LogP contribution is 2.17. The number of benzene rings is 2. The average Bonchev–Trinajstić information content (AvgIpc) is 2.58. The van der Waals surface area contributed by atoms with Gasteiger partial charge in [-0.25, -0.2) is 4.98 Å². The van der Waals surface area contributed by atoms with Crippen LogP contribution in [0.15, 0.2) is 53.6 Å². The maximum absolute atomic E-state index is 12.5. The molecule has 25 heavy (non-hydrogen) atoms. The van der Waals surface area contributed by atoms with E-state index in [4.69, 9.17) is 23.2 Å². The Labute approximate surface area is 154 Å². The Morgan fingerprint density at radius 1 is 1.20 bits per heavy atom. The van der Waals surface area contributed by atoms with Crippen molar-refractivity contribution in [2.24, 2.45) is 0 Å². The van der Waals surface area contributed by atoms with Crippen LogP contribution in [-0.2, 0) is 11.3 Å². The van der Waals surface area contributed by atoms with E-state index in [2.05, 4.69) is 10.3 Å². The monoisotopic (exact) mass is 375 g/mol. The van der Waals surface area contributed by atoms with Crippen LogP contribution in [0.2, 0.25) is 10.0 Å². The van der Waals surface area contributed by atoms with E-state index < -0.39 is 0 Å². The topological polar surface area (TPSA) is 64.0 Å². The van der Waals surface area contributed by atoms with Crippen LogP contribution in [0.25, 0.3) is 10.9 Å². The normalized spacial score (nSPS) is 12.1. The predicted octanol–water partition coefficient (Wildman–Crippen LogP) is 3.58. The molecule has 1 atom stereocenters. The second kappa shape index (κ2) is 7.25. The van der Waals surface area contributed by atoms with Gasteiger partial charge in [-0.2, -0.15) is 0 Å². The largest absolute Gasteiger partial charge is 0.348 e. The van der Waals surface area contributed by atoms with Crippen molar-refractivity contribution >= 4 is 40.0 Å². The Balaban J connectivity index is 1.78. The summed E-state index contributed by atoms with van der Waals surface area (Å²) in [6, 6.07) is 11.9. The van der Waals surface area contributed by atoms with Crippen LogP contribution in [0.5, 0.6) is 0 Å². The number of aromatic nitrogens is 2. The summed E-state index contributed by atoms with van der Waals surface area (Å²) in [5.41, 5.74) is 1.12. The highest BCUT2D eigenvalue weighted by molar-refractivity contribution is 6.31. The molecule has 1 amide bonds. The summed E-state index contributed by atoms with van der Waals surface area (Å²) in [6.45, 7) is 1.73. The summed E-state index contributed by atoms with van der Waals surface area (Å²) < 4.78 is 1.26. The summed E-state index contributed by atoms with van der Waals surface area (Å²) in [6.07, 6.45) is 1.36. The number of amides is 1. The second-order valence-corrected chi connectivity index (χ2v) is 6.56. The molecule has 3 rings (SSSR count). The number of hydrogen-bond donors (Lipinski definition) is 1. The Bertz CT molecular complexity index is 1000. The highest BCUT2D eigenvalue weighted by atomic mass is 35.5. The third-order valence-corrected chi connectivity index (χ3v) is 4.30. The molecular weight excluding hydrogens is 361 g/mol. The maximum Gasteiger partial charge on any atom is 0.261 e. The first-order valence-electron chi connectivity index (χ1n) is 7.63. The third-order valence-electron chi connectivity index (χ3n) is 3.83. The molecule has 3 aromatic rings. The first kappa shape index (κ1) is 17.5. The maximum atomic E-state index is 12.5. The Morgan fingerprint density at radius 3 is 2.72 bits per heavy atom. The number of fused-ring (bicyclic) bond motifs is 1. The molecule has 0 radical (unpaired) electrons. The number of rotatable bonds is 4. The molecule has 128 valence electrons. The summed E-state index contributed by atoms with van der Waals surface area (Å²) in [7, 11) is 0. The molecule has 0 saturated carbocycles. The number of hydrogen-bond acceptors (Lipinski definition) is 3. The van der Waals surface area contributed by atoms with Gasteiger partial charge in [0.15, 0.2) is 0 Å². The van der Waals surface area contributed by atoms with Crippen LogP contribution in [-0.4, -0.2) is 15.5 Å². The van der Waals surface area contributed by atoms with Gasteiger partial charge in [0.25, 0.3) is 5.56 Å². The average molecular weight is 376 g/mol. The molecule has 5 nitrogen and oxygen atoms in total. The summed E-state index contributed by atoms with van der Waals surface area (Å²) in [4.78, 5) is 29.0. The molecule has 0 saturated heterocycles. The van der Waals surface area contributed by atoms with Crippen LogP contribution < -0.4 is 10.9 Å². The SMILES string of the molecule is C[C@H](NC(=O)Cn1cnc2ccc(Cl)cc2c1=O)c1cccc(Cl)c1. The van der Waals surface area contributed by atoms with Gasteiger partial charge in [-0.3, -0.25) is 14.2 Å². The lowest BCUT2D eigenvalue weighted by atomic mass is 10.1. The summed E-state index contributed by atoms with van der Waals surface area (Å²) in [5.74, 6) is -0.294. The Kier molecular flexibility index (Phi) is 5.06. The number of nitrogens with zero attached hydrogens (tertiary/aromatic N) is 2. The lowest BCUT2D eigenvalue weighted by Gasteiger charge is -2.15. The second-order valence-electron chi connectivity index (χ2n) is 5.68. The van der Waals surface area contributed by atoms with Crippen LogP contribution in [0, 0.1) is 0 Å². The smallest absolute Gasteiger partial charge is 0.261 e. The standard InChI is InChI=1S/C18H15Cl2N3O2/c1-11(12-3-2-4-13(19)7-12)22-17(24)9-23-10-21-16-6-5-14(20)8-15(16)18(23)25/h2-8,10-11H,9H2,1H3,(H,22,24)/t11-/m0/s1. The molecule has 0 unspecified atom stereocenters. The Hall–Kier alpha value is -2.37. The van der Waals surface area contributed by atoms with E-state index in [1.807, 2.05) is 19.1 Å². The van der Waals surface area contributed by atoms with E-state index in [9.17, 15) is 9.59 Å². The molecule has 0 spiro atoms. The molecule has 0 fully saturated rings. The van der Waals surface area contributed by atoms with Crippen LogP contribution >= 0.6 is 23.2 Å². The first-order valence-corrected chi connectivity index (χ1v) is 8.39. The minimum absolute atomic E-state index is 0.126. The van der Waals surface area contributed by atoms with E-state index in [0.29, 0.717) is 20.9 Å². The van der Waals surface area contributed by atoms with Crippen LogP contribution in [0.4, 0.5) is 0 Å². The highest BCUT2D eigenvalue weighted by Gasteiger charge is 2.12. The lowest BCUT2D eigenvalue weighted by Crippen LogP contribution is -2.34. The fourth-order valence-electron chi connectivity index (χ4n) is 2.54. The first-order chi connectivity index (χ1) is 11.9. The van der Waals surface area contributed by atoms with Crippen molar-refractivity contribution in [1.82, 2.24) is 14.9 Å². The quantitative estimate of drug-likeness (QED) is 0.757. The molecular formula is C18H15Cl2N3O2.